The average molecular weight is 182 g/mol. The van der Waals surface area contributed by atoms with Crippen LogP contribution in [0.15, 0.2) is 22.3 Å². The second-order valence-electron chi connectivity index (χ2n) is 2.99. The van der Waals surface area contributed by atoms with E-state index < -0.39 is 0 Å². The van der Waals surface area contributed by atoms with E-state index in [9.17, 15) is 0 Å². The molecule has 0 aliphatic heterocycles. The highest BCUT2D eigenvalue weighted by Crippen LogP contribution is 1.95. The van der Waals surface area contributed by atoms with E-state index in [0.717, 1.165) is 11.4 Å². The zero-order valence-corrected chi connectivity index (χ0v) is 9.05. The summed E-state index contributed by atoms with van der Waals surface area (Å²) in [5.41, 5.74) is 4.63. The van der Waals surface area contributed by atoms with Crippen LogP contribution in [0.3, 0.4) is 0 Å². The topological polar surface area (TPSA) is 40.0 Å². The van der Waals surface area contributed by atoms with Crippen molar-refractivity contribution < 1.29 is 0 Å². The van der Waals surface area contributed by atoms with Gasteiger partial charge in [-0.2, -0.15) is 0 Å². The molecule has 0 aliphatic rings. The van der Waals surface area contributed by atoms with Crippen LogP contribution in [0.5, 0.6) is 0 Å². The summed E-state index contributed by atoms with van der Waals surface area (Å²) in [6.45, 7) is 9.40. The quantitative estimate of drug-likeness (QED) is 0.398. The lowest BCUT2D eigenvalue weighted by atomic mass is 10.5. The first-order valence-corrected chi connectivity index (χ1v) is 4.14. The number of hydrazine groups is 1. The van der Waals surface area contributed by atoms with Crippen LogP contribution in [0.25, 0.3) is 0 Å². The Morgan fingerprint density at radius 2 is 1.77 bits per heavy atom. The minimum absolute atomic E-state index is 0.620. The van der Waals surface area contributed by atoms with Crippen molar-refractivity contribution in [2.75, 3.05) is 14.1 Å². The minimum Gasteiger partial charge on any atom is -0.279 e. The van der Waals surface area contributed by atoms with Gasteiger partial charge in [-0.15, -0.1) is 0 Å². The number of allylic oxidation sites excluding steroid dienone is 1. The van der Waals surface area contributed by atoms with Gasteiger partial charge in [-0.25, -0.2) is 15.4 Å². The standard InChI is InChI=1S/C9H18N4/c1-7(2)11-9(12-8(3)4)13(6)10-5/h10H,1H2,2-6H3. The molecule has 0 heterocycles. The summed E-state index contributed by atoms with van der Waals surface area (Å²) in [7, 11) is 3.67. The van der Waals surface area contributed by atoms with Crippen LogP contribution in [0.1, 0.15) is 20.8 Å². The summed E-state index contributed by atoms with van der Waals surface area (Å²) < 4.78 is 0. The van der Waals surface area contributed by atoms with Crippen LogP contribution in [-0.4, -0.2) is 30.8 Å². The van der Waals surface area contributed by atoms with Crippen molar-refractivity contribution in [1.29, 1.82) is 0 Å². The van der Waals surface area contributed by atoms with Gasteiger partial charge in [0, 0.05) is 25.5 Å². The molecule has 0 bridgehead atoms. The molecule has 0 amide bonds. The Labute approximate surface area is 80.0 Å². The third kappa shape index (κ3) is 5.14. The maximum atomic E-state index is 4.26. The zero-order chi connectivity index (χ0) is 10.4. The van der Waals surface area contributed by atoms with E-state index in [0.29, 0.717) is 5.96 Å². The minimum atomic E-state index is 0.620. The van der Waals surface area contributed by atoms with Gasteiger partial charge in [0.2, 0.25) is 5.96 Å². The molecular formula is C9H18N4. The number of aliphatic imine (C=N–C) groups is 2. The number of nitrogens with zero attached hydrogens (tertiary/aromatic N) is 3. The summed E-state index contributed by atoms with van der Waals surface area (Å²) in [6.07, 6.45) is 0. The molecule has 0 radical (unpaired) electrons. The molecule has 0 aromatic carbocycles. The van der Waals surface area contributed by atoms with E-state index in [-0.39, 0.29) is 0 Å². The van der Waals surface area contributed by atoms with Gasteiger partial charge in [0.15, 0.2) is 0 Å². The summed E-state index contributed by atoms with van der Waals surface area (Å²) in [5.74, 6) is 0.620. The third-order valence-corrected chi connectivity index (χ3v) is 1.25. The molecule has 1 N–H and O–H groups in total. The van der Waals surface area contributed by atoms with Crippen molar-refractivity contribution in [3.05, 3.63) is 12.3 Å². The van der Waals surface area contributed by atoms with Crippen molar-refractivity contribution in [3.8, 4) is 0 Å². The molecule has 0 unspecified atom stereocenters. The van der Waals surface area contributed by atoms with Gasteiger partial charge in [0.25, 0.3) is 0 Å². The normalized spacial score (nSPS) is 11.0. The monoisotopic (exact) mass is 182 g/mol. The number of rotatable bonds is 2. The van der Waals surface area contributed by atoms with Gasteiger partial charge in [-0.1, -0.05) is 6.58 Å². The molecule has 4 heteroatoms. The highest BCUT2D eigenvalue weighted by atomic mass is 15.5. The van der Waals surface area contributed by atoms with E-state index in [4.69, 9.17) is 0 Å². The summed E-state index contributed by atoms with van der Waals surface area (Å²) >= 11 is 0. The van der Waals surface area contributed by atoms with Crippen molar-refractivity contribution in [1.82, 2.24) is 10.4 Å². The molecule has 13 heavy (non-hydrogen) atoms. The van der Waals surface area contributed by atoms with E-state index in [2.05, 4.69) is 22.0 Å². The highest BCUT2D eigenvalue weighted by Gasteiger charge is 2.01. The molecule has 0 spiro atoms. The molecule has 74 valence electrons. The van der Waals surface area contributed by atoms with Gasteiger partial charge in [-0.3, -0.25) is 5.01 Å². The highest BCUT2D eigenvalue weighted by molar-refractivity contribution is 5.94. The van der Waals surface area contributed by atoms with Crippen molar-refractivity contribution in [2.45, 2.75) is 20.8 Å². The number of hydrogen-bond donors (Lipinski definition) is 1. The average Bonchev–Trinajstić information content (AvgIpc) is 2.00. The van der Waals surface area contributed by atoms with E-state index in [1.165, 1.54) is 0 Å². The number of hydrogen-bond acceptors (Lipinski definition) is 2. The predicted molar refractivity (Wildman–Crippen MR) is 57.9 cm³/mol. The molecule has 0 rings (SSSR count). The summed E-state index contributed by atoms with van der Waals surface area (Å²) in [4.78, 5) is 8.44. The van der Waals surface area contributed by atoms with Crippen LogP contribution in [-0.2, 0) is 0 Å². The maximum Gasteiger partial charge on any atom is 0.239 e. The Hall–Kier alpha value is -1.16. The van der Waals surface area contributed by atoms with Crippen LogP contribution in [0.2, 0.25) is 0 Å². The lowest BCUT2D eigenvalue weighted by Gasteiger charge is -2.16. The second-order valence-corrected chi connectivity index (χ2v) is 2.99. The first-order chi connectivity index (χ1) is 5.97. The first kappa shape index (κ1) is 11.8. The van der Waals surface area contributed by atoms with E-state index >= 15 is 0 Å². The Balaban J connectivity index is 4.76. The fraction of sp³-hybridized carbons (Fsp3) is 0.556. The molecule has 0 atom stereocenters. The van der Waals surface area contributed by atoms with Gasteiger partial charge in [-0.05, 0) is 20.8 Å². The van der Waals surface area contributed by atoms with Crippen LogP contribution < -0.4 is 5.43 Å². The second kappa shape index (κ2) is 5.48. The fourth-order valence-electron chi connectivity index (χ4n) is 0.646. The first-order valence-electron chi connectivity index (χ1n) is 4.14. The summed E-state index contributed by atoms with van der Waals surface area (Å²) in [6, 6.07) is 0. The molecule has 0 saturated carbocycles. The van der Waals surface area contributed by atoms with Crippen LogP contribution in [0.4, 0.5) is 0 Å². The molecule has 0 saturated heterocycles. The van der Waals surface area contributed by atoms with Crippen molar-refractivity contribution in [3.63, 3.8) is 0 Å². The van der Waals surface area contributed by atoms with Gasteiger partial charge < -0.3 is 0 Å². The van der Waals surface area contributed by atoms with E-state index in [1.807, 2.05) is 34.9 Å². The largest absolute Gasteiger partial charge is 0.279 e. The smallest absolute Gasteiger partial charge is 0.239 e. The van der Waals surface area contributed by atoms with E-state index in [1.54, 1.807) is 5.01 Å². The third-order valence-electron chi connectivity index (χ3n) is 1.25. The molecule has 0 aromatic heterocycles. The van der Waals surface area contributed by atoms with Crippen molar-refractivity contribution in [2.24, 2.45) is 9.98 Å². The van der Waals surface area contributed by atoms with Gasteiger partial charge >= 0.3 is 0 Å². The van der Waals surface area contributed by atoms with Gasteiger partial charge in [0.1, 0.15) is 0 Å². The van der Waals surface area contributed by atoms with Crippen molar-refractivity contribution >= 4 is 11.7 Å². The number of nitrogens with one attached hydrogen (secondary N) is 1. The summed E-state index contributed by atoms with van der Waals surface area (Å²) in [5, 5.41) is 1.74. The molecular weight excluding hydrogens is 164 g/mol. The lowest BCUT2D eigenvalue weighted by molar-refractivity contribution is 0.404. The van der Waals surface area contributed by atoms with Gasteiger partial charge in [0.05, 0.1) is 0 Å². The molecule has 4 nitrogen and oxygen atoms in total. The molecule has 0 aromatic rings. The number of guanidine groups is 1. The zero-order valence-electron chi connectivity index (χ0n) is 9.05. The fourth-order valence-corrected chi connectivity index (χ4v) is 0.646. The molecule has 0 fully saturated rings. The lowest BCUT2D eigenvalue weighted by Crippen LogP contribution is -2.36. The Morgan fingerprint density at radius 1 is 1.23 bits per heavy atom. The molecule has 0 aliphatic carbocycles. The van der Waals surface area contributed by atoms with Crippen LogP contribution >= 0.6 is 0 Å². The van der Waals surface area contributed by atoms with Crippen LogP contribution in [0, 0.1) is 0 Å². The Morgan fingerprint density at radius 3 is 2.08 bits per heavy atom. The SMILES string of the molecule is C=C(C)N=C(N=C(C)C)N(C)NC. The predicted octanol–water partition coefficient (Wildman–Crippen LogP) is 1.42. The Bertz CT molecular complexity index is 236. The Kier molecular flexibility index (Phi) is 4.99. The maximum absolute atomic E-state index is 4.26.